The Labute approximate surface area is 129 Å². The van der Waals surface area contributed by atoms with E-state index in [-0.39, 0.29) is 6.42 Å². The molecule has 1 aliphatic heterocycles. The van der Waals surface area contributed by atoms with Crippen molar-refractivity contribution >= 4 is 11.9 Å². The number of hydrogen-bond donors (Lipinski definition) is 2. The van der Waals surface area contributed by atoms with Crippen LogP contribution in [0, 0.1) is 5.41 Å². The van der Waals surface area contributed by atoms with E-state index in [2.05, 4.69) is 10.00 Å². The Bertz CT molecular complexity index is 543. The number of hydrogen-bond acceptors (Lipinski definition) is 4. The van der Waals surface area contributed by atoms with E-state index in [4.69, 9.17) is 5.11 Å². The van der Waals surface area contributed by atoms with Crippen LogP contribution in [0.15, 0.2) is 12.4 Å². The summed E-state index contributed by atoms with van der Waals surface area (Å²) >= 11 is 0. The molecule has 2 rings (SSSR count). The molecular weight excluding hydrogens is 286 g/mol. The molecule has 0 spiro atoms. The maximum Gasteiger partial charge on any atom is 0.310 e. The summed E-state index contributed by atoms with van der Waals surface area (Å²) in [5.74, 6) is -1.56. The van der Waals surface area contributed by atoms with Gasteiger partial charge in [0.05, 0.1) is 24.6 Å². The van der Waals surface area contributed by atoms with E-state index < -0.39 is 17.4 Å². The number of nitrogens with zero attached hydrogens (tertiary/aromatic N) is 3. The number of carboxylic acid groups (broad SMARTS) is 2. The first-order chi connectivity index (χ1) is 10.4. The number of likely N-dealkylation sites (tertiary alicyclic amines) is 1. The Kier molecular flexibility index (Phi) is 5.18. The number of carbonyl (C=O) groups is 2. The zero-order valence-corrected chi connectivity index (χ0v) is 12.9. The lowest BCUT2D eigenvalue weighted by atomic mass is 9.77. The van der Waals surface area contributed by atoms with Gasteiger partial charge < -0.3 is 10.2 Å². The molecule has 0 aromatic carbocycles. The van der Waals surface area contributed by atoms with Crippen molar-refractivity contribution in [3.63, 3.8) is 0 Å². The molecule has 0 amide bonds. The van der Waals surface area contributed by atoms with Gasteiger partial charge in [-0.3, -0.25) is 19.2 Å². The van der Waals surface area contributed by atoms with Gasteiger partial charge in [0.15, 0.2) is 0 Å². The highest BCUT2D eigenvalue weighted by molar-refractivity contribution is 5.75. The molecule has 2 heterocycles. The summed E-state index contributed by atoms with van der Waals surface area (Å²) in [6, 6.07) is 0. The van der Waals surface area contributed by atoms with E-state index in [1.165, 1.54) is 0 Å². The van der Waals surface area contributed by atoms with Crippen molar-refractivity contribution in [1.29, 1.82) is 0 Å². The Hall–Kier alpha value is -1.89. The summed E-state index contributed by atoms with van der Waals surface area (Å²) in [6.07, 6.45) is 5.86. The van der Waals surface area contributed by atoms with Gasteiger partial charge in [-0.25, -0.2) is 0 Å². The Morgan fingerprint density at radius 3 is 2.82 bits per heavy atom. The Balaban J connectivity index is 1.95. The lowest BCUT2D eigenvalue weighted by Gasteiger charge is -2.39. The highest BCUT2D eigenvalue weighted by atomic mass is 16.4. The van der Waals surface area contributed by atoms with E-state index in [0.717, 1.165) is 24.9 Å². The van der Waals surface area contributed by atoms with Gasteiger partial charge in [0.2, 0.25) is 0 Å². The molecule has 0 aliphatic carbocycles. The molecule has 7 nitrogen and oxygen atoms in total. The predicted octanol–water partition coefficient (Wildman–Crippen LogP) is 1.43. The van der Waals surface area contributed by atoms with Crippen molar-refractivity contribution in [2.24, 2.45) is 5.41 Å². The standard InChI is InChI=1S/C15H23N3O4/c1-2-15(14(21)22)5-3-6-17(11-15)9-12-8-16-18(10-12)7-4-13(19)20/h8,10H,2-7,9,11H2,1H3,(H,19,20)(H,21,22)/t15-/m0/s1. The third kappa shape index (κ3) is 3.85. The largest absolute Gasteiger partial charge is 0.481 e. The zero-order chi connectivity index (χ0) is 16.2. The minimum absolute atomic E-state index is 0.0444. The molecule has 7 heteroatoms. The zero-order valence-electron chi connectivity index (χ0n) is 12.9. The van der Waals surface area contributed by atoms with Crippen molar-refractivity contribution in [3.8, 4) is 0 Å². The Morgan fingerprint density at radius 1 is 1.41 bits per heavy atom. The quantitative estimate of drug-likeness (QED) is 0.791. The average Bonchev–Trinajstić information content (AvgIpc) is 2.92. The maximum atomic E-state index is 11.6. The van der Waals surface area contributed by atoms with Gasteiger partial charge >= 0.3 is 11.9 Å². The van der Waals surface area contributed by atoms with E-state index in [9.17, 15) is 14.7 Å². The molecular formula is C15H23N3O4. The molecule has 22 heavy (non-hydrogen) atoms. The van der Waals surface area contributed by atoms with Crippen LogP contribution in [0.2, 0.25) is 0 Å². The molecule has 122 valence electrons. The van der Waals surface area contributed by atoms with Gasteiger partial charge in [-0.2, -0.15) is 5.10 Å². The summed E-state index contributed by atoms with van der Waals surface area (Å²) in [6.45, 7) is 4.38. The SMILES string of the molecule is CC[C@]1(C(=O)O)CCCN(Cc2cnn(CCC(=O)O)c2)C1. The molecule has 1 aromatic rings. The van der Waals surface area contributed by atoms with Crippen LogP contribution in [0.1, 0.15) is 38.2 Å². The van der Waals surface area contributed by atoms with Crippen LogP contribution in [0.4, 0.5) is 0 Å². The van der Waals surface area contributed by atoms with Crippen LogP contribution in [0.25, 0.3) is 0 Å². The summed E-state index contributed by atoms with van der Waals surface area (Å²) in [7, 11) is 0. The molecule has 0 radical (unpaired) electrons. The highest BCUT2D eigenvalue weighted by Crippen LogP contribution is 2.34. The fourth-order valence-electron chi connectivity index (χ4n) is 3.06. The number of piperidine rings is 1. The smallest absolute Gasteiger partial charge is 0.310 e. The Morgan fingerprint density at radius 2 is 2.18 bits per heavy atom. The summed E-state index contributed by atoms with van der Waals surface area (Å²) in [5.41, 5.74) is 0.347. The van der Waals surface area contributed by atoms with Gasteiger partial charge in [0, 0.05) is 24.8 Å². The fourth-order valence-corrected chi connectivity index (χ4v) is 3.06. The van der Waals surface area contributed by atoms with Crippen LogP contribution >= 0.6 is 0 Å². The lowest BCUT2D eigenvalue weighted by Crippen LogP contribution is -2.47. The molecule has 0 saturated carbocycles. The molecule has 1 aliphatic rings. The van der Waals surface area contributed by atoms with Gasteiger partial charge in [-0.1, -0.05) is 6.92 Å². The molecule has 1 fully saturated rings. The topological polar surface area (TPSA) is 95.7 Å². The van der Waals surface area contributed by atoms with Gasteiger partial charge in [-0.15, -0.1) is 0 Å². The van der Waals surface area contributed by atoms with Crippen LogP contribution in [-0.4, -0.2) is 49.9 Å². The van der Waals surface area contributed by atoms with Crippen LogP contribution < -0.4 is 0 Å². The summed E-state index contributed by atoms with van der Waals surface area (Å²) < 4.78 is 1.62. The average molecular weight is 309 g/mol. The molecule has 0 bridgehead atoms. The van der Waals surface area contributed by atoms with Crippen molar-refractivity contribution in [3.05, 3.63) is 18.0 Å². The van der Waals surface area contributed by atoms with Crippen molar-refractivity contribution in [1.82, 2.24) is 14.7 Å². The number of aryl methyl sites for hydroxylation is 1. The molecule has 1 aromatic heterocycles. The van der Waals surface area contributed by atoms with Gasteiger partial charge in [0.1, 0.15) is 0 Å². The van der Waals surface area contributed by atoms with E-state index in [1.807, 2.05) is 13.1 Å². The second kappa shape index (κ2) is 6.91. The number of aromatic nitrogens is 2. The van der Waals surface area contributed by atoms with E-state index >= 15 is 0 Å². The van der Waals surface area contributed by atoms with Crippen LogP contribution in [0.3, 0.4) is 0 Å². The third-order valence-electron chi connectivity index (χ3n) is 4.43. The number of rotatable bonds is 7. The lowest BCUT2D eigenvalue weighted by molar-refractivity contribution is -0.153. The van der Waals surface area contributed by atoms with Gasteiger partial charge in [-0.05, 0) is 25.8 Å². The van der Waals surface area contributed by atoms with Gasteiger partial charge in [0.25, 0.3) is 0 Å². The third-order valence-corrected chi connectivity index (χ3v) is 4.43. The molecule has 0 unspecified atom stereocenters. The van der Waals surface area contributed by atoms with Crippen LogP contribution in [0.5, 0.6) is 0 Å². The summed E-state index contributed by atoms with van der Waals surface area (Å²) in [5, 5.41) is 22.3. The van der Waals surface area contributed by atoms with Crippen molar-refractivity contribution in [2.45, 2.75) is 45.7 Å². The monoisotopic (exact) mass is 309 g/mol. The van der Waals surface area contributed by atoms with Crippen molar-refractivity contribution < 1.29 is 19.8 Å². The fraction of sp³-hybridized carbons (Fsp3) is 0.667. The molecule has 2 N–H and O–H groups in total. The maximum absolute atomic E-state index is 11.6. The first-order valence-corrected chi connectivity index (χ1v) is 7.64. The van der Waals surface area contributed by atoms with Crippen molar-refractivity contribution in [2.75, 3.05) is 13.1 Å². The summed E-state index contributed by atoms with van der Waals surface area (Å²) in [4.78, 5) is 24.3. The first-order valence-electron chi connectivity index (χ1n) is 7.64. The predicted molar refractivity (Wildman–Crippen MR) is 79.4 cm³/mol. The molecule has 1 saturated heterocycles. The number of carboxylic acids is 2. The molecule has 1 atom stereocenters. The number of aliphatic carboxylic acids is 2. The second-order valence-electron chi connectivity index (χ2n) is 6.01. The first kappa shape index (κ1) is 16.5. The minimum atomic E-state index is -0.845. The minimum Gasteiger partial charge on any atom is -0.481 e. The van der Waals surface area contributed by atoms with E-state index in [1.54, 1.807) is 10.9 Å². The van der Waals surface area contributed by atoms with Crippen LogP contribution in [-0.2, 0) is 22.7 Å². The normalized spacial score (nSPS) is 22.6. The van der Waals surface area contributed by atoms with E-state index in [0.29, 0.717) is 26.1 Å². The highest BCUT2D eigenvalue weighted by Gasteiger charge is 2.40. The second-order valence-corrected chi connectivity index (χ2v) is 6.01.